The second-order valence-electron chi connectivity index (χ2n) is 5.76. The van der Waals surface area contributed by atoms with Crippen LogP contribution in [-0.2, 0) is 10.0 Å². The van der Waals surface area contributed by atoms with Crippen LogP contribution in [-0.4, -0.2) is 19.4 Å². The third kappa shape index (κ3) is 3.12. The Kier molecular flexibility index (Phi) is 4.38. The molecule has 3 N–H and O–H groups in total. The summed E-state index contributed by atoms with van der Waals surface area (Å²) in [6.07, 6.45) is -5.87. The van der Waals surface area contributed by atoms with Crippen LogP contribution in [0.3, 0.4) is 0 Å². The number of fused-ring (bicyclic) bond motifs is 1. The molecular weight excluding hydrogens is 392 g/mol. The lowest BCUT2D eigenvalue weighted by atomic mass is 10.1. The van der Waals surface area contributed by atoms with Gasteiger partial charge in [-0.3, -0.25) is 0 Å². The molecule has 0 aromatic heterocycles. The highest BCUT2D eigenvalue weighted by Crippen LogP contribution is 2.57. The fourth-order valence-corrected chi connectivity index (χ4v) is 3.60. The van der Waals surface area contributed by atoms with E-state index >= 15 is 0 Å². The maximum Gasteiger partial charge on any atom is 0.312 e. The lowest BCUT2D eigenvalue weighted by Crippen LogP contribution is -2.25. The molecular formula is C16H10F4N2O4S. The first kappa shape index (κ1) is 19.1. The number of sulfonamides is 1. The van der Waals surface area contributed by atoms with Crippen molar-refractivity contribution < 1.29 is 35.8 Å². The number of hydrogen-bond acceptors (Lipinski definition) is 5. The van der Waals surface area contributed by atoms with Crippen molar-refractivity contribution in [3.05, 3.63) is 52.8 Å². The largest absolute Gasteiger partial charge is 0.457 e. The average Bonchev–Trinajstić information content (AvgIpc) is 2.75. The summed E-state index contributed by atoms with van der Waals surface area (Å²) in [6.45, 7) is 0. The molecule has 3 rings (SSSR count). The van der Waals surface area contributed by atoms with E-state index in [9.17, 15) is 31.1 Å². The monoisotopic (exact) mass is 402 g/mol. The molecule has 2 atom stereocenters. The minimum atomic E-state index is -4.56. The van der Waals surface area contributed by atoms with Crippen molar-refractivity contribution in [2.75, 3.05) is 0 Å². The van der Waals surface area contributed by atoms with Gasteiger partial charge in [0, 0.05) is 17.2 Å². The number of nitrogens with zero attached hydrogens (tertiary/aromatic N) is 1. The Morgan fingerprint density at radius 1 is 1.22 bits per heavy atom. The van der Waals surface area contributed by atoms with Gasteiger partial charge in [0.15, 0.2) is 6.17 Å². The van der Waals surface area contributed by atoms with Crippen LogP contribution in [0.4, 0.5) is 17.6 Å². The van der Waals surface area contributed by atoms with Gasteiger partial charge in [-0.1, -0.05) is 0 Å². The van der Waals surface area contributed by atoms with Crippen molar-refractivity contribution in [1.29, 1.82) is 5.26 Å². The van der Waals surface area contributed by atoms with Gasteiger partial charge in [0.25, 0.3) is 0 Å². The zero-order valence-electron chi connectivity index (χ0n) is 13.2. The molecule has 0 fully saturated rings. The van der Waals surface area contributed by atoms with E-state index in [1.165, 1.54) is 0 Å². The highest BCUT2D eigenvalue weighted by atomic mass is 32.2. The zero-order chi connectivity index (χ0) is 20.1. The molecule has 0 aliphatic heterocycles. The second kappa shape index (κ2) is 6.19. The van der Waals surface area contributed by atoms with Gasteiger partial charge in [-0.2, -0.15) is 14.0 Å². The van der Waals surface area contributed by atoms with Crippen molar-refractivity contribution in [3.8, 4) is 17.6 Å². The quantitative estimate of drug-likeness (QED) is 0.767. The number of aliphatic hydroxyl groups is 1. The Morgan fingerprint density at radius 3 is 2.48 bits per heavy atom. The highest BCUT2D eigenvalue weighted by Gasteiger charge is 2.59. The van der Waals surface area contributed by atoms with E-state index in [0.29, 0.717) is 0 Å². The van der Waals surface area contributed by atoms with Gasteiger partial charge in [-0.25, -0.2) is 22.3 Å². The maximum atomic E-state index is 14.3. The summed E-state index contributed by atoms with van der Waals surface area (Å²) >= 11 is 0. The molecule has 6 nitrogen and oxygen atoms in total. The fraction of sp³-hybridized carbons (Fsp3) is 0.188. The van der Waals surface area contributed by atoms with Gasteiger partial charge in [0.2, 0.25) is 10.0 Å². The van der Waals surface area contributed by atoms with Crippen LogP contribution in [0.25, 0.3) is 0 Å². The van der Waals surface area contributed by atoms with Crippen LogP contribution in [0, 0.1) is 17.1 Å². The topological polar surface area (TPSA) is 113 Å². The third-order valence-electron chi connectivity index (χ3n) is 3.97. The number of ether oxygens (including phenoxy) is 1. The minimum absolute atomic E-state index is 0.148. The molecule has 0 saturated carbocycles. The van der Waals surface area contributed by atoms with Gasteiger partial charge in [0.05, 0.1) is 16.5 Å². The number of nitriles is 1. The summed E-state index contributed by atoms with van der Waals surface area (Å²) < 4.78 is 84.3. The normalized spacial score (nSPS) is 20.8. The molecule has 1 unspecified atom stereocenters. The molecule has 0 amide bonds. The maximum absolute atomic E-state index is 14.3. The second-order valence-corrected chi connectivity index (χ2v) is 7.29. The smallest absolute Gasteiger partial charge is 0.312 e. The lowest BCUT2D eigenvalue weighted by molar-refractivity contribution is -0.143. The van der Waals surface area contributed by atoms with Crippen molar-refractivity contribution in [2.24, 2.45) is 5.14 Å². The fourth-order valence-electron chi connectivity index (χ4n) is 2.81. The van der Waals surface area contributed by atoms with E-state index in [0.717, 1.165) is 30.3 Å². The third-order valence-corrected chi connectivity index (χ3v) is 4.94. The Bertz CT molecular complexity index is 1080. The van der Waals surface area contributed by atoms with Crippen molar-refractivity contribution >= 4 is 10.0 Å². The summed E-state index contributed by atoms with van der Waals surface area (Å²) in [5.74, 6) is -6.09. The van der Waals surface area contributed by atoms with E-state index in [1.54, 1.807) is 6.07 Å². The number of aliphatic hydroxyl groups excluding tert-OH is 1. The van der Waals surface area contributed by atoms with E-state index in [-0.39, 0.29) is 11.3 Å². The molecule has 0 spiro atoms. The first-order valence-corrected chi connectivity index (χ1v) is 8.79. The molecule has 0 saturated heterocycles. The number of primary sulfonamides is 1. The van der Waals surface area contributed by atoms with Crippen LogP contribution < -0.4 is 9.88 Å². The number of benzene rings is 2. The Morgan fingerprint density at radius 2 is 1.89 bits per heavy atom. The van der Waals surface area contributed by atoms with Crippen LogP contribution in [0.5, 0.6) is 11.5 Å². The van der Waals surface area contributed by atoms with Gasteiger partial charge in [-0.05, 0) is 24.3 Å². The molecule has 142 valence electrons. The summed E-state index contributed by atoms with van der Waals surface area (Å²) in [7, 11) is -4.56. The number of rotatable bonds is 3. The van der Waals surface area contributed by atoms with Crippen LogP contribution in [0.2, 0.25) is 0 Å². The van der Waals surface area contributed by atoms with E-state index in [2.05, 4.69) is 0 Å². The SMILES string of the molecule is N#Cc1cc(F)cc(Oc2ccc(S(N)(=O)=O)c3c2C(F)C(F)(F)[C@H]3O)c1. The summed E-state index contributed by atoms with van der Waals surface area (Å²) in [5.41, 5.74) is -1.99. The molecule has 1 aliphatic rings. The minimum Gasteiger partial charge on any atom is -0.457 e. The molecule has 1 aliphatic carbocycles. The van der Waals surface area contributed by atoms with Crippen LogP contribution in [0.1, 0.15) is 29.0 Å². The molecule has 11 heteroatoms. The molecule has 2 aromatic carbocycles. The van der Waals surface area contributed by atoms with E-state index < -0.39 is 55.8 Å². The summed E-state index contributed by atoms with van der Waals surface area (Å²) in [4.78, 5) is -0.880. The number of alkyl halides is 3. The van der Waals surface area contributed by atoms with Gasteiger partial charge in [0.1, 0.15) is 23.4 Å². The lowest BCUT2D eigenvalue weighted by Gasteiger charge is -2.16. The standard InChI is InChI=1S/C16H10F4N2O4S/c17-8-3-7(6-21)4-9(5-8)26-10-1-2-11(27(22,24)25)13-12(10)14(18)16(19,20)15(13)23/h1-5,14-15,23H,(H2,22,24,25)/t14?,15-/m0/s1. The van der Waals surface area contributed by atoms with Gasteiger partial charge >= 0.3 is 5.92 Å². The Hall–Kier alpha value is -2.68. The number of nitrogens with two attached hydrogens (primary N) is 1. The van der Waals surface area contributed by atoms with Crippen LogP contribution in [0.15, 0.2) is 35.2 Å². The zero-order valence-corrected chi connectivity index (χ0v) is 14.0. The van der Waals surface area contributed by atoms with Crippen LogP contribution >= 0.6 is 0 Å². The number of halogens is 4. The van der Waals surface area contributed by atoms with Gasteiger partial charge < -0.3 is 9.84 Å². The summed E-state index contributed by atoms with van der Waals surface area (Å²) in [5, 5.41) is 23.6. The van der Waals surface area contributed by atoms with Crippen molar-refractivity contribution in [1.82, 2.24) is 0 Å². The first-order chi connectivity index (χ1) is 12.5. The van der Waals surface area contributed by atoms with Crippen molar-refractivity contribution in [2.45, 2.75) is 23.1 Å². The van der Waals surface area contributed by atoms with Crippen molar-refractivity contribution in [3.63, 3.8) is 0 Å². The first-order valence-electron chi connectivity index (χ1n) is 7.25. The summed E-state index contributed by atoms with van der Waals surface area (Å²) in [6, 6.07) is 6.05. The Balaban J connectivity index is 2.21. The molecule has 0 heterocycles. The van der Waals surface area contributed by atoms with E-state index in [1.807, 2.05) is 0 Å². The molecule has 0 radical (unpaired) electrons. The predicted molar refractivity (Wildman–Crippen MR) is 82.8 cm³/mol. The molecule has 0 bridgehead atoms. The molecule has 27 heavy (non-hydrogen) atoms. The van der Waals surface area contributed by atoms with Gasteiger partial charge in [-0.15, -0.1) is 0 Å². The highest BCUT2D eigenvalue weighted by molar-refractivity contribution is 7.89. The predicted octanol–water partition coefficient (Wildman–Crippen LogP) is 2.83. The molecule has 2 aromatic rings. The number of hydrogen-bond donors (Lipinski definition) is 2. The van der Waals surface area contributed by atoms with E-state index in [4.69, 9.17) is 15.1 Å². The average molecular weight is 402 g/mol. The Labute approximate surface area is 150 Å².